The van der Waals surface area contributed by atoms with Gasteiger partial charge in [0.2, 0.25) is 0 Å². The van der Waals surface area contributed by atoms with Crippen LogP contribution in [0, 0.1) is 5.92 Å². The Labute approximate surface area is 163 Å². The van der Waals surface area contributed by atoms with Crippen LogP contribution in [0.3, 0.4) is 0 Å². The van der Waals surface area contributed by atoms with E-state index < -0.39 is 11.9 Å². The molecule has 0 spiro atoms. The summed E-state index contributed by atoms with van der Waals surface area (Å²) in [6.07, 6.45) is 5.35. The van der Waals surface area contributed by atoms with Crippen LogP contribution in [0.25, 0.3) is 10.9 Å². The van der Waals surface area contributed by atoms with Crippen LogP contribution in [0.4, 0.5) is 0 Å². The summed E-state index contributed by atoms with van der Waals surface area (Å²) in [5.74, 6) is -1.92. The molecule has 2 atom stereocenters. The summed E-state index contributed by atoms with van der Waals surface area (Å²) in [5, 5.41) is 10.6. The Balaban J connectivity index is 1.68. The van der Waals surface area contributed by atoms with Crippen LogP contribution in [0.5, 0.6) is 0 Å². The first-order valence-corrected chi connectivity index (χ1v) is 9.46. The van der Waals surface area contributed by atoms with Crippen LogP contribution in [-0.2, 0) is 11.8 Å². The van der Waals surface area contributed by atoms with Gasteiger partial charge >= 0.3 is 5.97 Å². The number of aliphatic carboxylic acids is 1. The highest BCUT2D eigenvalue weighted by molar-refractivity contribution is 6.06. The second kappa shape index (κ2) is 6.82. The van der Waals surface area contributed by atoms with E-state index in [9.17, 15) is 14.7 Å². The van der Waals surface area contributed by atoms with Crippen molar-refractivity contribution in [3.63, 3.8) is 0 Å². The first kappa shape index (κ1) is 18.3. The van der Waals surface area contributed by atoms with E-state index in [1.165, 1.54) is 0 Å². The van der Waals surface area contributed by atoms with Crippen LogP contribution in [0.15, 0.2) is 43.0 Å². The van der Waals surface area contributed by atoms with Crippen molar-refractivity contribution in [3.05, 3.63) is 54.2 Å². The molecule has 2 aromatic heterocycles. The van der Waals surface area contributed by atoms with Gasteiger partial charge in [-0.05, 0) is 32.0 Å². The van der Waals surface area contributed by atoms with Gasteiger partial charge in [-0.3, -0.25) is 9.59 Å². The van der Waals surface area contributed by atoms with Gasteiger partial charge in [0.1, 0.15) is 0 Å². The molecule has 1 aliphatic rings. The molecule has 0 aliphatic carbocycles. The van der Waals surface area contributed by atoms with Gasteiger partial charge < -0.3 is 19.1 Å². The second-order valence-corrected chi connectivity index (χ2v) is 7.75. The Morgan fingerprint density at radius 2 is 2.00 bits per heavy atom. The van der Waals surface area contributed by atoms with Gasteiger partial charge in [0.25, 0.3) is 5.91 Å². The van der Waals surface area contributed by atoms with E-state index in [0.717, 1.165) is 16.6 Å². The standard InChI is InChI=1S/C21H24N4O3/c1-13(2)25-8-7-14-15(5-4-6-18(14)25)20(26)24-10-16(17(11-24)21(27)28)19-9-22-12-23(19)3/h4-9,12-13,16-17H,10-11H2,1-3H3,(H,27,28)/t16-,17-/m0/s1. The van der Waals surface area contributed by atoms with Crippen molar-refractivity contribution in [3.8, 4) is 0 Å². The molecule has 0 unspecified atom stereocenters. The zero-order valence-electron chi connectivity index (χ0n) is 16.2. The highest BCUT2D eigenvalue weighted by Crippen LogP contribution is 2.34. The van der Waals surface area contributed by atoms with Gasteiger partial charge in [-0.2, -0.15) is 0 Å². The summed E-state index contributed by atoms with van der Waals surface area (Å²) < 4.78 is 3.96. The first-order chi connectivity index (χ1) is 13.4. The number of hydrogen-bond acceptors (Lipinski definition) is 3. The maximum atomic E-state index is 13.3. The summed E-state index contributed by atoms with van der Waals surface area (Å²) in [6.45, 7) is 4.77. The third-order valence-electron chi connectivity index (χ3n) is 5.71. The Hall–Kier alpha value is -3.09. The maximum absolute atomic E-state index is 13.3. The number of carbonyl (C=O) groups is 2. The van der Waals surface area contributed by atoms with Crippen molar-refractivity contribution in [2.45, 2.75) is 25.8 Å². The molecule has 3 aromatic rings. The van der Waals surface area contributed by atoms with Gasteiger partial charge in [0, 0.05) is 66.7 Å². The van der Waals surface area contributed by atoms with E-state index in [2.05, 4.69) is 23.4 Å². The highest BCUT2D eigenvalue weighted by Gasteiger charge is 2.42. The molecule has 7 nitrogen and oxygen atoms in total. The van der Waals surface area contributed by atoms with Crippen LogP contribution in [0.1, 0.15) is 41.9 Å². The number of carboxylic acid groups (broad SMARTS) is 1. The number of likely N-dealkylation sites (tertiary alicyclic amines) is 1. The van der Waals surface area contributed by atoms with E-state index in [-0.39, 0.29) is 18.4 Å². The molecule has 1 amide bonds. The molecule has 0 radical (unpaired) electrons. The lowest BCUT2D eigenvalue weighted by Gasteiger charge is -2.17. The molecule has 28 heavy (non-hydrogen) atoms. The van der Waals surface area contributed by atoms with Crippen LogP contribution < -0.4 is 0 Å². The molecule has 0 bridgehead atoms. The smallest absolute Gasteiger partial charge is 0.309 e. The van der Waals surface area contributed by atoms with Gasteiger partial charge in [-0.15, -0.1) is 0 Å². The number of rotatable bonds is 4. The van der Waals surface area contributed by atoms with Crippen LogP contribution in [0.2, 0.25) is 0 Å². The Morgan fingerprint density at radius 3 is 2.64 bits per heavy atom. The number of nitrogens with zero attached hydrogens (tertiary/aromatic N) is 4. The summed E-state index contributed by atoms with van der Waals surface area (Å²) >= 11 is 0. The average molecular weight is 380 g/mol. The molecule has 146 valence electrons. The number of imidazole rings is 1. The Bertz CT molecular complexity index is 1050. The molecule has 1 N–H and O–H groups in total. The fraction of sp³-hybridized carbons (Fsp3) is 0.381. The van der Waals surface area contributed by atoms with Gasteiger partial charge in [0.15, 0.2) is 0 Å². The zero-order valence-corrected chi connectivity index (χ0v) is 16.2. The van der Waals surface area contributed by atoms with Gasteiger partial charge in [-0.25, -0.2) is 4.98 Å². The number of benzene rings is 1. The van der Waals surface area contributed by atoms with E-state index >= 15 is 0 Å². The highest BCUT2D eigenvalue weighted by atomic mass is 16.4. The largest absolute Gasteiger partial charge is 0.481 e. The fourth-order valence-electron chi connectivity index (χ4n) is 4.24. The van der Waals surface area contributed by atoms with Gasteiger partial charge in [0.05, 0.1) is 12.2 Å². The number of amides is 1. The molecule has 1 saturated heterocycles. The second-order valence-electron chi connectivity index (χ2n) is 7.75. The van der Waals surface area contributed by atoms with Crippen molar-refractivity contribution < 1.29 is 14.7 Å². The molecule has 4 rings (SSSR count). The van der Waals surface area contributed by atoms with Crippen LogP contribution >= 0.6 is 0 Å². The minimum Gasteiger partial charge on any atom is -0.481 e. The molecule has 1 fully saturated rings. The Kier molecular flexibility index (Phi) is 4.45. The topological polar surface area (TPSA) is 80.4 Å². The number of carbonyl (C=O) groups excluding carboxylic acids is 1. The number of hydrogen-bond donors (Lipinski definition) is 1. The lowest BCUT2D eigenvalue weighted by Crippen LogP contribution is -2.30. The van der Waals surface area contributed by atoms with Crippen molar-refractivity contribution in [1.82, 2.24) is 19.0 Å². The van der Waals surface area contributed by atoms with E-state index in [1.807, 2.05) is 42.1 Å². The van der Waals surface area contributed by atoms with E-state index in [0.29, 0.717) is 18.2 Å². The number of aromatic nitrogens is 3. The predicted molar refractivity (Wildman–Crippen MR) is 105 cm³/mol. The first-order valence-electron chi connectivity index (χ1n) is 9.46. The van der Waals surface area contributed by atoms with Gasteiger partial charge in [-0.1, -0.05) is 6.07 Å². The third kappa shape index (κ3) is 2.87. The monoisotopic (exact) mass is 380 g/mol. The molecule has 0 saturated carbocycles. The van der Waals surface area contributed by atoms with E-state index in [4.69, 9.17) is 0 Å². The normalized spacial score (nSPS) is 19.6. The molecular weight excluding hydrogens is 356 g/mol. The minimum atomic E-state index is -0.884. The minimum absolute atomic E-state index is 0.122. The Morgan fingerprint density at radius 1 is 1.21 bits per heavy atom. The predicted octanol–water partition coefficient (Wildman–Crippen LogP) is 2.90. The quantitative estimate of drug-likeness (QED) is 0.755. The fourth-order valence-corrected chi connectivity index (χ4v) is 4.24. The maximum Gasteiger partial charge on any atom is 0.309 e. The van der Waals surface area contributed by atoms with Crippen molar-refractivity contribution >= 4 is 22.8 Å². The van der Waals surface area contributed by atoms with Crippen molar-refractivity contribution in [2.24, 2.45) is 13.0 Å². The summed E-state index contributed by atoms with van der Waals surface area (Å²) in [5.41, 5.74) is 2.47. The molecule has 7 heteroatoms. The summed E-state index contributed by atoms with van der Waals surface area (Å²) in [6, 6.07) is 7.97. The number of carboxylic acids is 1. The average Bonchev–Trinajstić information content (AvgIpc) is 3.37. The molecule has 3 heterocycles. The van der Waals surface area contributed by atoms with E-state index in [1.54, 1.807) is 17.4 Å². The summed E-state index contributed by atoms with van der Waals surface area (Å²) in [7, 11) is 1.85. The van der Waals surface area contributed by atoms with Crippen LogP contribution in [-0.4, -0.2) is 49.1 Å². The summed E-state index contributed by atoms with van der Waals surface area (Å²) in [4.78, 5) is 30.9. The molecular formula is C21H24N4O3. The molecule has 1 aromatic carbocycles. The molecule has 1 aliphatic heterocycles. The van der Waals surface area contributed by atoms with Crippen molar-refractivity contribution in [2.75, 3.05) is 13.1 Å². The zero-order chi connectivity index (χ0) is 20.0. The number of aryl methyl sites for hydroxylation is 1. The SMILES string of the molecule is CC(C)n1ccc2c(C(=O)N3C[C@H](C(=O)O)[C@@H](c4cncn4C)C3)cccc21. The lowest BCUT2D eigenvalue weighted by atomic mass is 9.93. The number of fused-ring (bicyclic) bond motifs is 1. The van der Waals surface area contributed by atoms with Crippen molar-refractivity contribution in [1.29, 1.82) is 0 Å². The third-order valence-corrected chi connectivity index (χ3v) is 5.71. The lowest BCUT2D eigenvalue weighted by molar-refractivity contribution is -0.141.